The van der Waals surface area contributed by atoms with Gasteiger partial charge >= 0.3 is 5.97 Å². The number of rotatable bonds is 6. The molecule has 1 N–H and O–H groups in total. The first-order chi connectivity index (χ1) is 14.2. The van der Waals surface area contributed by atoms with E-state index in [0.29, 0.717) is 40.9 Å². The van der Waals surface area contributed by atoms with Crippen LogP contribution in [0.5, 0.6) is 28.7 Å². The first kappa shape index (κ1) is 18.7. The van der Waals surface area contributed by atoms with Crippen LogP contribution < -0.4 is 18.9 Å². The van der Waals surface area contributed by atoms with Crippen LogP contribution in [0.25, 0.3) is 0 Å². The van der Waals surface area contributed by atoms with E-state index >= 15 is 0 Å². The monoisotopic (exact) mass is 392 g/mol. The average molecular weight is 392 g/mol. The summed E-state index contributed by atoms with van der Waals surface area (Å²) in [6.45, 7) is 2.45. The zero-order valence-electron chi connectivity index (χ0n) is 15.8. The molecule has 1 heterocycles. The van der Waals surface area contributed by atoms with E-state index in [0.717, 1.165) is 0 Å². The van der Waals surface area contributed by atoms with Crippen molar-refractivity contribution >= 4 is 5.97 Å². The van der Waals surface area contributed by atoms with Crippen molar-refractivity contribution in [2.75, 3.05) is 6.61 Å². The summed E-state index contributed by atoms with van der Waals surface area (Å²) >= 11 is 0. The van der Waals surface area contributed by atoms with Crippen LogP contribution in [-0.2, 0) is 4.79 Å². The number of para-hydroxylation sites is 4. The Morgan fingerprint density at radius 2 is 1.52 bits per heavy atom. The minimum atomic E-state index is -1.14. The zero-order chi connectivity index (χ0) is 20.2. The second-order valence-electron chi connectivity index (χ2n) is 6.41. The van der Waals surface area contributed by atoms with E-state index in [-0.39, 0.29) is 0 Å². The highest BCUT2D eigenvalue weighted by molar-refractivity contribution is 5.75. The second-order valence-corrected chi connectivity index (χ2v) is 6.41. The van der Waals surface area contributed by atoms with Gasteiger partial charge in [0.25, 0.3) is 0 Å². The summed E-state index contributed by atoms with van der Waals surface area (Å²) in [5, 5.41) is 9.58. The van der Waals surface area contributed by atoms with Gasteiger partial charge in [-0.2, -0.15) is 0 Å². The number of fused-ring (bicyclic) bond motifs is 1. The summed E-state index contributed by atoms with van der Waals surface area (Å²) in [6.07, 6.45) is -1.91. The zero-order valence-corrected chi connectivity index (χ0v) is 15.8. The fourth-order valence-electron chi connectivity index (χ4n) is 3.13. The van der Waals surface area contributed by atoms with Crippen LogP contribution in [0.4, 0.5) is 0 Å². The van der Waals surface area contributed by atoms with Crippen molar-refractivity contribution in [3.05, 3.63) is 78.4 Å². The smallest absolute Gasteiger partial charge is 0.349 e. The van der Waals surface area contributed by atoms with Crippen molar-refractivity contribution in [2.45, 2.75) is 19.1 Å². The lowest BCUT2D eigenvalue weighted by molar-refractivity contribution is -0.151. The molecule has 4 rings (SSSR count). The van der Waals surface area contributed by atoms with Crippen molar-refractivity contribution in [1.29, 1.82) is 0 Å². The molecule has 1 aliphatic heterocycles. The van der Waals surface area contributed by atoms with Crippen LogP contribution in [-0.4, -0.2) is 23.8 Å². The number of hydrogen-bond donors (Lipinski definition) is 1. The van der Waals surface area contributed by atoms with Gasteiger partial charge in [-0.25, -0.2) is 4.79 Å². The number of benzene rings is 3. The highest BCUT2D eigenvalue weighted by atomic mass is 16.6. The Morgan fingerprint density at radius 1 is 0.897 bits per heavy atom. The standard InChI is InChI=1S/C23H20O6/c1-2-26-17-7-3-4-8-18(17)27-16-13-11-15(12-14-16)21-22(23(24)25)29-20-10-6-5-9-19(20)28-21/h3-14,21-22H,2H2,1H3,(H,24,25). The summed E-state index contributed by atoms with van der Waals surface area (Å²) in [4.78, 5) is 11.7. The Labute approximate surface area is 168 Å². The molecule has 6 nitrogen and oxygen atoms in total. The van der Waals surface area contributed by atoms with Crippen LogP contribution in [0.2, 0.25) is 0 Å². The number of hydrogen-bond acceptors (Lipinski definition) is 5. The average Bonchev–Trinajstić information content (AvgIpc) is 2.75. The lowest BCUT2D eigenvalue weighted by Crippen LogP contribution is -2.39. The van der Waals surface area contributed by atoms with Crippen molar-refractivity contribution in [1.82, 2.24) is 0 Å². The molecule has 0 fully saturated rings. The van der Waals surface area contributed by atoms with Gasteiger partial charge < -0.3 is 24.1 Å². The van der Waals surface area contributed by atoms with Gasteiger partial charge in [-0.15, -0.1) is 0 Å². The number of aliphatic carboxylic acids is 1. The largest absolute Gasteiger partial charge is 0.490 e. The summed E-state index contributed by atoms with van der Waals surface area (Å²) in [5.74, 6) is 1.72. The second kappa shape index (κ2) is 8.14. The SMILES string of the molecule is CCOc1ccccc1Oc1ccc(C2Oc3ccccc3OC2C(=O)O)cc1. The Kier molecular flexibility index (Phi) is 5.24. The van der Waals surface area contributed by atoms with Crippen LogP contribution in [0, 0.1) is 0 Å². The molecule has 0 radical (unpaired) electrons. The minimum absolute atomic E-state index is 0.420. The fraction of sp³-hybridized carbons (Fsp3) is 0.174. The molecule has 3 aromatic carbocycles. The molecular weight excluding hydrogens is 372 g/mol. The van der Waals surface area contributed by atoms with Crippen LogP contribution in [0.1, 0.15) is 18.6 Å². The normalized spacial score (nSPS) is 17.4. The maximum absolute atomic E-state index is 11.7. The predicted octanol–water partition coefficient (Wildman–Crippen LogP) is 4.84. The lowest BCUT2D eigenvalue weighted by atomic mass is 10.0. The Bertz CT molecular complexity index is 998. The Balaban J connectivity index is 1.56. The first-order valence-electron chi connectivity index (χ1n) is 9.30. The predicted molar refractivity (Wildman–Crippen MR) is 106 cm³/mol. The summed E-state index contributed by atoms with van der Waals surface area (Å²) in [6, 6.07) is 21.5. The van der Waals surface area contributed by atoms with Crippen LogP contribution in [0.3, 0.4) is 0 Å². The van der Waals surface area contributed by atoms with Gasteiger partial charge in [0, 0.05) is 0 Å². The molecule has 1 aliphatic rings. The van der Waals surface area contributed by atoms with E-state index in [2.05, 4.69) is 0 Å². The summed E-state index contributed by atoms with van der Waals surface area (Å²) in [5.41, 5.74) is 0.678. The molecule has 2 unspecified atom stereocenters. The number of carboxylic acids is 1. The molecule has 2 atom stereocenters. The van der Waals surface area contributed by atoms with Crippen molar-refractivity contribution in [3.63, 3.8) is 0 Å². The molecule has 0 aromatic heterocycles. The fourth-order valence-corrected chi connectivity index (χ4v) is 3.13. The van der Waals surface area contributed by atoms with Gasteiger partial charge in [-0.05, 0) is 48.9 Å². The van der Waals surface area contributed by atoms with E-state index in [9.17, 15) is 9.90 Å². The Hall–Kier alpha value is -3.67. The third kappa shape index (κ3) is 3.96. The minimum Gasteiger partial charge on any atom is -0.490 e. The van der Waals surface area contributed by atoms with Crippen molar-refractivity contribution < 1.29 is 28.8 Å². The Morgan fingerprint density at radius 3 is 2.17 bits per heavy atom. The van der Waals surface area contributed by atoms with E-state index < -0.39 is 18.2 Å². The molecule has 0 saturated carbocycles. The van der Waals surface area contributed by atoms with E-state index in [1.165, 1.54) is 0 Å². The van der Waals surface area contributed by atoms with Crippen LogP contribution >= 0.6 is 0 Å². The highest BCUT2D eigenvalue weighted by Crippen LogP contribution is 2.40. The van der Waals surface area contributed by atoms with Gasteiger partial charge in [-0.3, -0.25) is 0 Å². The molecule has 0 aliphatic carbocycles. The molecule has 3 aromatic rings. The van der Waals surface area contributed by atoms with Crippen molar-refractivity contribution in [2.24, 2.45) is 0 Å². The quantitative estimate of drug-likeness (QED) is 0.647. The van der Waals surface area contributed by atoms with Gasteiger partial charge in [0.05, 0.1) is 6.61 Å². The maximum Gasteiger partial charge on any atom is 0.349 e. The van der Waals surface area contributed by atoms with Crippen molar-refractivity contribution in [3.8, 4) is 28.7 Å². The van der Waals surface area contributed by atoms with Crippen LogP contribution in [0.15, 0.2) is 72.8 Å². The van der Waals surface area contributed by atoms with Gasteiger partial charge in [0.15, 0.2) is 29.1 Å². The van der Waals surface area contributed by atoms with Gasteiger partial charge in [0.2, 0.25) is 6.10 Å². The number of carbonyl (C=O) groups is 1. The first-order valence-corrected chi connectivity index (χ1v) is 9.30. The topological polar surface area (TPSA) is 74.2 Å². The molecule has 6 heteroatoms. The molecule has 0 bridgehead atoms. The van der Waals surface area contributed by atoms with E-state index in [1.54, 1.807) is 42.5 Å². The molecular formula is C23H20O6. The van der Waals surface area contributed by atoms with Gasteiger partial charge in [0.1, 0.15) is 5.75 Å². The third-order valence-electron chi connectivity index (χ3n) is 4.46. The molecule has 0 saturated heterocycles. The summed E-state index contributed by atoms with van der Waals surface area (Å²) in [7, 11) is 0. The maximum atomic E-state index is 11.7. The van der Waals surface area contributed by atoms with Gasteiger partial charge in [-0.1, -0.05) is 36.4 Å². The highest BCUT2D eigenvalue weighted by Gasteiger charge is 2.38. The lowest BCUT2D eigenvalue weighted by Gasteiger charge is -2.31. The van der Waals surface area contributed by atoms with E-state index in [1.807, 2.05) is 37.3 Å². The number of ether oxygens (including phenoxy) is 4. The number of carboxylic acid groups (broad SMARTS) is 1. The molecule has 148 valence electrons. The molecule has 0 spiro atoms. The third-order valence-corrected chi connectivity index (χ3v) is 4.46. The molecule has 0 amide bonds. The van der Waals surface area contributed by atoms with E-state index in [4.69, 9.17) is 18.9 Å². The molecule has 29 heavy (non-hydrogen) atoms. The summed E-state index contributed by atoms with van der Waals surface area (Å²) < 4.78 is 23.1.